The van der Waals surface area contributed by atoms with E-state index >= 15 is 0 Å². The van der Waals surface area contributed by atoms with Crippen molar-refractivity contribution in [3.05, 3.63) is 307 Å². The van der Waals surface area contributed by atoms with Crippen LogP contribution in [0.25, 0.3) is 114 Å². The highest BCUT2D eigenvalue weighted by Gasteiger charge is 2.27. The molecule has 0 amide bonds. The summed E-state index contributed by atoms with van der Waals surface area (Å²) in [5, 5.41) is 14.4. The summed E-state index contributed by atoms with van der Waals surface area (Å²) in [6.07, 6.45) is 0. The number of nitrogens with zero attached hydrogens (tertiary/aromatic N) is 3. The molecule has 16 aromatic rings. The van der Waals surface area contributed by atoms with Gasteiger partial charge < -0.3 is 14.4 Å². The fraction of sp³-hybridized carbons (Fsp3) is 0.0930. The first kappa shape index (κ1) is 56.0. The van der Waals surface area contributed by atoms with E-state index in [2.05, 4.69) is 340 Å². The molecule has 3 nitrogen and oxygen atoms in total. The fourth-order valence-corrected chi connectivity index (χ4v) is 15.1. The monoisotopic (exact) mass is 1210 g/mol. The lowest BCUT2D eigenvalue weighted by molar-refractivity contribution is 0.591. The van der Waals surface area contributed by atoms with Gasteiger partial charge in [-0.25, -0.2) is 0 Å². The summed E-state index contributed by atoms with van der Waals surface area (Å²) in [7, 11) is 0. The maximum absolute atomic E-state index is 7.11. The van der Waals surface area contributed by atoms with E-state index in [1.54, 1.807) is 11.3 Å². The maximum atomic E-state index is 7.11. The van der Waals surface area contributed by atoms with Crippen molar-refractivity contribution in [3.8, 4) is 50.2 Å². The predicted octanol–water partition coefficient (Wildman–Crippen LogP) is 25.8. The molecule has 14 aromatic carbocycles. The third kappa shape index (κ3) is 9.90. The van der Waals surface area contributed by atoms with Gasteiger partial charge in [-0.1, -0.05) is 241 Å². The van der Waals surface area contributed by atoms with Crippen molar-refractivity contribution in [3.63, 3.8) is 0 Å². The van der Waals surface area contributed by atoms with Gasteiger partial charge in [-0.2, -0.15) is 0 Å². The van der Waals surface area contributed by atoms with Crippen LogP contribution >= 0.6 is 22.9 Å². The minimum Gasteiger partial charge on any atom is -0.310 e. The van der Waals surface area contributed by atoms with E-state index in [0.717, 1.165) is 84.1 Å². The van der Waals surface area contributed by atoms with Gasteiger partial charge in [-0.3, -0.25) is 0 Å². The SMILES string of the molecule is CC(C)(C)c1cc2ccc3cc(C(C)(C)C)cc4c(-c5cccc(-c6cc(N(c7cccc(Cl)c7)c7ccccc7-c7ccccc7)cc(N(c7ccccc7-c7ccccc7)c7csc8cc(-n9c%10ccccc%10c%10ccccc%109)ccc78)c6)c5)cc(c1)c2c34. The highest BCUT2D eigenvalue weighted by Crippen LogP contribution is 2.52. The number of thiophene rings is 1. The molecule has 2 heterocycles. The quantitative estimate of drug-likeness (QED) is 0.120. The molecule has 0 bridgehead atoms. The predicted molar refractivity (Wildman–Crippen MR) is 393 cm³/mol. The van der Waals surface area contributed by atoms with Gasteiger partial charge in [0.2, 0.25) is 0 Å². The van der Waals surface area contributed by atoms with Crippen LogP contribution in [0, 0.1) is 0 Å². The van der Waals surface area contributed by atoms with Crippen LogP contribution < -0.4 is 9.80 Å². The highest BCUT2D eigenvalue weighted by atomic mass is 35.5. The van der Waals surface area contributed by atoms with Gasteiger partial charge >= 0.3 is 0 Å². The van der Waals surface area contributed by atoms with Crippen LogP contribution in [0.4, 0.5) is 34.1 Å². The summed E-state index contributed by atoms with van der Waals surface area (Å²) in [5.41, 5.74) is 21.2. The van der Waals surface area contributed by atoms with Gasteiger partial charge in [0.25, 0.3) is 0 Å². The molecule has 0 aliphatic rings. The molecule has 0 fully saturated rings. The molecule has 0 aliphatic carbocycles. The van der Waals surface area contributed by atoms with E-state index in [4.69, 9.17) is 11.6 Å². The van der Waals surface area contributed by atoms with Gasteiger partial charge in [-0.15, -0.1) is 11.3 Å². The van der Waals surface area contributed by atoms with Crippen LogP contribution in [0.2, 0.25) is 5.02 Å². The van der Waals surface area contributed by atoms with Crippen molar-refractivity contribution in [2.24, 2.45) is 0 Å². The first-order valence-corrected chi connectivity index (χ1v) is 32.7. The van der Waals surface area contributed by atoms with Crippen molar-refractivity contribution >= 4 is 121 Å². The summed E-state index contributed by atoms with van der Waals surface area (Å²) in [4.78, 5) is 4.92. The lowest BCUT2D eigenvalue weighted by Gasteiger charge is -2.32. The number of hydrogen-bond donors (Lipinski definition) is 0. The number of anilines is 6. The number of rotatable bonds is 11. The molecule has 0 atom stereocenters. The Labute approximate surface area is 541 Å². The standard InChI is InChI=1S/C86H66ClN3S/c1-85(2,3)63-44-59-39-40-60-45-64(86(4,5)6)50-76-75(49-62(46-63)83(59)84(60)76)58-28-21-27-57(43-58)61-47-68(88(66-30-22-29-65(87)51-66)77-35-17-13-31-70(77)55-23-9-7-10-24-55)52-69(48-61)90(78-36-18-14-32-71(78)56-25-11-8-12-26-56)81-54-91-82-53-67(41-42-74(81)82)89-79-37-19-15-33-72(79)73-34-16-20-38-80(73)89/h7-54H,1-6H3. The van der Waals surface area contributed by atoms with Crippen molar-refractivity contribution in [1.29, 1.82) is 0 Å². The molecular weight excluding hydrogens is 1140 g/mol. The van der Waals surface area contributed by atoms with E-state index in [1.807, 2.05) is 6.07 Å². The third-order valence-electron chi connectivity index (χ3n) is 18.5. The zero-order valence-electron chi connectivity index (χ0n) is 51.8. The zero-order chi connectivity index (χ0) is 61.7. The van der Waals surface area contributed by atoms with Gasteiger partial charge in [0.05, 0.1) is 28.1 Å². The van der Waals surface area contributed by atoms with E-state index in [-0.39, 0.29) is 10.8 Å². The number of halogens is 1. The van der Waals surface area contributed by atoms with Crippen molar-refractivity contribution in [1.82, 2.24) is 4.57 Å². The van der Waals surface area contributed by atoms with Crippen molar-refractivity contribution < 1.29 is 0 Å². The first-order valence-electron chi connectivity index (χ1n) is 31.5. The number of para-hydroxylation sites is 4. The molecule has 0 radical (unpaired) electrons. The lowest BCUT2D eigenvalue weighted by Crippen LogP contribution is -2.14. The van der Waals surface area contributed by atoms with E-state index < -0.39 is 0 Å². The molecule has 0 saturated heterocycles. The van der Waals surface area contributed by atoms with Crippen molar-refractivity contribution in [2.75, 3.05) is 9.80 Å². The maximum Gasteiger partial charge on any atom is 0.0647 e. The Hall–Kier alpha value is -10.2. The molecule has 2 aromatic heterocycles. The van der Waals surface area contributed by atoms with Crippen LogP contribution in [0.1, 0.15) is 52.7 Å². The average Bonchev–Trinajstić information content (AvgIpc) is 1.22. The summed E-state index contributed by atoms with van der Waals surface area (Å²) in [6, 6.07) is 105. The smallest absolute Gasteiger partial charge is 0.0647 e. The number of fused-ring (bicyclic) bond motifs is 4. The largest absolute Gasteiger partial charge is 0.310 e. The normalized spacial score (nSPS) is 12.1. The molecule has 0 saturated carbocycles. The Kier molecular flexibility index (Phi) is 13.6. The molecule has 16 rings (SSSR count). The molecule has 0 spiro atoms. The van der Waals surface area contributed by atoms with Crippen LogP contribution in [0.5, 0.6) is 0 Å². The van der Waals surface area contributed by atoms with E-state index in [1.165, 1.54) is 75.5 Å². The summed E-state index contributed by atoms with van der Waals surface area (Å²) < 4.78 is 3.61. The molecule has 5 heteroatoms. The lowest BCUT2D eigenvalue weighted by atomic mass is 9.79. The molecule has 438 valence electrons. The van der Waals surface area contributed by atoms with Crippen LogP contribution in [-0.2, 0) is 10.8 Å². The number of aromatic nitrogens is 1. The Morgan fingerprint density at radius 3 is 1.52 bits per heavy atom. The second-order valence-electron chi connectivity index (χ2n) is 26.3. The summed E-state index contributed by atoms with van der Waals surface area (Å²) in [6.45, 7) is 14.0. The summed E-state index contributed by atoms with van der Waals surface area (Å²) in [5.74, 6) is 0. The zero-order valence-corrected chi connectivity index (χ0v) is 53.4. The van der Waals surface area contributed by atoms with Gasteiger partial charge in [-0.05, 0) is 185 Å². The summed E-state index contributed by atoms with van der Waals surface area (Å²) >= 11 is 8.90. The second-order valence-corrected chi connectivity index (χ2v) is 27.7. The van der Waals surface area contributed by atoms with Gasteiger partial charge in [0, 0.05) is 65.1 Å². The molecule has 91 heavy (non-hydrogen) atoms. The van der Waals surface area contributed by atoms with Crippen LogP contribution in [-0.4, -0.2) is 4.57 Å². The molecule has 0 unspecified atom stereocenters. The average molecular weight is 1210 g/mol. The van der Waals surface area contributed by atoms with E-state index in [9.17, 15) is 0 Å². The Bertz CT molecular complexity index is 5420. The third-order valence-corrected chi connectivity index (χ3v) is 19.6. The Morgan fingerprint density at radius 1 is 0.330 bits per heavy atom. The van der Waals surface area contributed by atoms with Crippen LogP contribution in [0.3, 0.4) is 0 Å². The number of hydrogen-bond acceptors (Lipinski definition) is 3. The first-order chi connectivity index (χ1) is 44.3. The second kappa shape index (κ2) is 22.1. The minimum absolute atomic E-state index is 0.0333. The highest BCUT2D eigenvalue weighted by molar-refractivity contribution is 7.17. The minimum atomic E-state index is -0.0682. The fourth-order valence-electron chi connectivity index (χ4n) is 13.9. The van der Waals surface area contributed by atoms with E-state index in [0.29, 0.717) is 5.02 Å². The van der Waals surface area contributed by atoms with Crippen LogP contribution in [0.15, 0.2) is 290 Å². The Morgan fingerprint density at radius 2 is 0.868 bits per heavy atom. The molecule has 0 N–H and O–H groups in total. The topological polar surface area (TPSA) is 11.4 Å². The molecule has 0 aliphatic heterocycles. The molecular formula is C86H66ClN3S. The van der Waals surface area contributed by atoms with Gasteiger partial charge in [0.15, 0.2) is 0 Å². The van der Waals surface area contributed by atoms with Crippen molar-refractivity contribution in [2.45, 2.75) is 52.4 Å². The number of benzene rings is 14. The Balaban J connectivity index is 0.970. The van der Waals surface area contributed by atoms with Gasteiger partial charge in [0.1, 0.15) is 0 Å².